The number of carbonyl (C=O) groups is 2. The predicted octanol–water partition coefficient (Wildman–Crippen LogP) is 2.41. The Kier molecular flexibility index (Phi) is 4.76. The normalized spacial score (nSPS) is 9.69. The number of ether oxygens (including phenoxy) is 1. The summed E-state index contributed by atoms with van der Waals surface area (Å²) in [6.45, 7) is 0. The number of amides is 1. The number of anilines is 1. The number of benzene rings is 1. The van der Waals surface area contributed by atoms with Crippen molar-refractivity contribution in [3.05, 3.63) is 28.2 Å². The van der Waals surface area contributed by atoms with Gasteiger partial charge in [0.1, 0.15) is 5.88 Å². The molecule has 1 amide bonds. The maximum absolute atomic E-state index is 11.3. The van der Waals surface area contributed by atoms with Gasteiger partial charge < -0.3 is 10.1 Å². The van der Waals surface area contributed by atoms with E-state index in [1.807, 2.05) is 0 Å². The number of hydrogen-bond donors (Lipinski definition) is 1. The lowest BCUT2D eigenvalue weighted by molar-refractivity contribution is -0.113. The molecule has 0 fully saturated rings. The van der Waals surface area contributed by atoms with Crippen LogP contribution in [0.1, 0.15) is 10.4 Å². The molecule has 0 unspecified atom stereocenters. The summed E-state index contributed by atoms with van der Waals surface area (Å²) in [5, 5.41) is 2.55. The molecule has 0 aliphatic carbocycles. The van der Waals surface area contributed by atoms with E-state index in [1.54, 1.807) is 12.1 Å². The van der Waals surface area contributed by atoms with Gasteiger partial charge in [0.15, 0.2) is 0 Å². The molecule has 16 heavy (non-hydrogen) atoms. The first-order chi connectivity index (χ1) is 7.58. The van der Waals surface area contributed by atoms with E-state index in [4.69, 9.17) is 11.6 Å². The topological polar surface area (TPSA) is 55.4 Å². The van der Waals surface area contributed by atoms with E-state index in [0.29, 0.717) is 15.7 Å². The quantitative estimate of drug-likeness (QED) is 0.689. The monoisotopic (exact) mass is 305 g/mol. The van der Waals surface area contributed by atoms with E-state index >= 15 is 0 Å². The van der Waals surface area contributed by atoms with Crippen LogP contribution in [0.3, 0.4) is 0 Å². The molecule has 4 nitrogen and oxygen atoms in total. The average molecular weight is 307 g/mol. The van der Waals surface area contributed by atoms with Crippen LogP contribution in [0.15, 0.2) is 22.7 Å². The summed E-state index contributed by atoms with van der Waals surface area (Å²) in [5.74, 6) is -0.951. The fraction of sp³-hybridized carbons (Fsp3) is 0.200. The standard InChI is InChI=1S/C10H9BrClNO3/c1-16-10(15)6-2-3-7(11)8(4-6)13-9(14)5-12/h2-4H,5H2,1H3,(H,13,14). The zero-order valence-corrected chi connectivity index (χ0v) is 10.8. The zero-order chi connectivity index (χ0) is 12.1. The van der Waals surface area contributed by atoms with Crippen LogP contribution in [0.2, 0.25) is 0 Å². The Hall–Kier alpha value is -1.07. The van der Waals surface area contributed by atoms with E-state index in [0.717, 1.165) is 0 Å². The Bertz CT molecular complexity index is 423. The van der Waals surface area contributed by atoms with Crippen LogP contribution in [0.4, 0.5) is 5.69 Å². The number of hydrogen-bond acceptors (Lipinski definition) is 3. The van der Waals surface area contributed by atoms with Gasteiger partial charge in [-0.1, -0.05) is 0 Å². The predicted molar refractivity (Wildman–Crippen MR) is 64.8 cm³/mol. The minimum absolute atomic E-state index is 0.144. The molecule has 0 aromatic heterocycles. The summed E-state index contributed by atoms with van der Waals surface area (Å²) < 4.78 is 5.23. The minimum atomic E-state index is -0.464. The summed E-state index contributed by atoms with van der Waals surface area (Å²) in [7, 11) is 1.29. The van der Waals surface area contributed by atoms with Crippen molar-refractivity contribution in [1.82, 2.24) is 0 Å². The second kappa shape index (κ2) is 5.86. The molecule has 1 aromatic carbocycles. The van der Waals surface area contributed by atoms with Crippen molar-refractivity contribution in [2.45, 2.75) is 0 Å². The van der Waals surface area contributed by atoms with Gasteiger partial charge in [-0.15, -0.1) is 11.6 Å². The summed E-state index contributed by atoms with van der Waals surface area (Å²) in [4.78, 5) is 22.4. The van der Waals surface area contributed by atoms with Crippen LogP contribution >= 0.6 is 27.5 Å². The molecule has 0 saturated carbocycles. The third-order valence-corrected chi connectivity index (χ3v) is 2.72. The van der Waals surface area contributed by atoms with Gasteiger partial charge >= 0.3 is 5.97 Å². The maximum Gasteiger partial charge on any atom is 0.337 e. The van der Waals surface area contributed by atoms with Gasteiger partial charge in [0, 0.05) is 4.47 Å². The smallest absolute Gasteiger partial charge is 0.337 e. The molecule has 6 heteroatoms. The molecule has 1 N–H and O–H groups in total. The van der Waals surface area contributed by atoms with Gasteiger partial charge in [-0.2, -0.15) is 0 Å². The molecule has 0 aliphatic rings. The fourth-order valence-corrected chi connectivity index (χ4v) is 1.46. The van der Waals surface area contributed by atoms with Crippen LogP contribution in [-0.2, 0) is 9.53 Å². The lowest BCUT2D eigenvalue weighted by Crippen LogP contribution is -2.13. The molecule has 0 saturated heterocycles. The first kappa shape index (κ1) is 13.0. The molecule has 0 bridgehead atoms. The summed E-state index contributed by atoms with van der Waals surface area (Å²) in [5.41, 5.74) is 0.837. The zero-order valence-electron chi connectivity index (χ0n) is 8.42. The van der Waals surface area contributed by atoms with Crippen LogP contribution in [0.25, 0.3) is 0 Å². The summed E-state index contributed by atoms with van der Waals surface area (Å²) in [6.07, 6.45) is 0. The van der Waals surface area contributed by atoms with Crippen LogP contribution < -0.4 is 5.32 Å². The molecular formula is C10H9BrClNO3. The molecule has 1 rings (SSSR count). The number of halogens is 2. The summed E-state index contributed by atoms with van der Waals surface area (Å²) in [6, 6.07) is 4.75. The van der Waals surface area contributed by atoms with E-state index in [1.165, 1.54) is 13.2 Å². The van der Waals surface area contributed by atoms with Gasteiger partial charge in [-0.3, -0.25) is 4.79 Å². The van der Waals surface area contributed by atoms with E-state index < -0.39 is 5.97 Å². The Balaban J connectivity index is 2.99. The van der Waals surface area contributed by atoms with Crippen molar-refractivity contribution in [1.29, 1.82) is 0 Å². The highest BCUT2D eigenvalue weighted by molar-refractivity contribution is 9.10. The fourth-order valence-electron chi connectivity index (χ4n) is 1.05. The number of nitrogens with one attached hydrogen (secondary N) is 1. The molecule has 1 aromatic rings. The van der Waals surface area contributed by atoms with Crippen molar-refractivity contribution in [3.8, 4) is 0 Å². The first-order valence-electron chi connectivity index (χ1n) is 4.32. The average Bonchev–Trinajstić information content (AvgIpc) is 2.30. The first-order valence-corrected chi connectivity index (χ1v) is 5.65. The van der Waals surface area contributed by atoms with Gasteiger partial charge in [0.25, 0.3) is 0 Å². The van der Waals surface area contributed by atoms with Crippen LogP contribution in [0.5, 0.6) is 0 Å². The van der Waals surface area contributed by atoms with E-state index in [9.17, 15) is 9.59 Å². The van der Waals surface area contributed by atoms with E-state index in [-0.39, 0.29) is 11.8 Å². The Morgan fingerprint density at radius 3 is 2.75 bits per heavy atom. The Morgan fingerprint density at radius 1 is 1.50 bits per heavy atom. The van der Waals surface area contributed by atoms with Crippen LogP contribution in [-0.4, -0.2) is 24.9 Å². The van der Waals surface area contributed by atoms with Gasteiger partial charge in [-0.25, -0.2) is 4.79 Å². The van der Waals surface area contributed by atoms with Crippen LogP contribution in [0, 0.1) is 0 Å². The lowest BCUT2D eigenvalue weighted by atomic mass is 10.2. The SMILES string of the molecule is COC(=O)c1ccc(Br)c(NC(=O)CCl)c1. The van der Waals surface area contributed by atoms with Gasteiger partial charge in [0.05, 0.1) is 18.4 Å². The number of methoxy groups -OCH3 is 1. The molecular weight excluding hydrogens is 297 g/mol. The Morgan fingerprint density at radius 2 is 2.19 bits per heavy atom. The van der Waals surface area contributed by atoms with Gasteiger partial charge in [-0.05, 0) is 34.1 Å². The lowest BCUT2D eigenvalue weighted by Gasteiger charge is -2.07. The third kappa shape index (κ3) is 3.21. The third-order valence-electron chi connectivity index (χ3n) is 1.78. The largest absolute Gasteiger partial charge is 0.465 e. The molecule has 86 valence electrons. The maximum atomic E-state index is 11.3. The molecule has 0 aliphatic heterocycles. The highest BCUT2D eigenvalue weighted by atomic mass is 79.9. The number of esters is 1. The number of carbonyl (C=O) groups excluding carboxylic acids is 2. The van der Waals surface area contributed by atoms with Crippen molar-refractivity contribution in [2.24, 2.45) is 0 Å². The highest BCUT2D eigenvalue weighted by Crippen LogP contribution is 2.24. The van der Waals surface area contributed by atoms with Crippen molar-refractivity contribution in [2.75, 3.05) is 18.3 Å². The second-order valence-corrected chi connectivity index (χ2v) is 3.99. The minimum Gasteiger partial charge on any atom is -0.465 e. The van der Waals surface area contributed by atoms with Crippen molar-refractivity contribution in [3.63, 3.8) is 0 Å². The number of alkyl halides is 1. The molecule has 0 atom stereocenters. The van der Waals surface area contributed by atoms with E-state index in [2.05, 4.69) is 26.0 Å². The molecule has 0 radical (unpaired) electrons. The summed E-state index contributed by atoms with van der Waals surface area (Å²) >= 11 is 8.61. The Labute approximate surface area is 106 Å². The molecule has 0 spiro atoms. The number of rotatable bonds is 3. The second-order valence-electron chi connectivity index (χ2n) is 2.87. The van der Waals surface area contributed by atoms with Crippen molar-refractivity contribution < 1.29 is 14.3 Å². The van der Waals surface area contributed by atoms with Gasteiger partial charge in [0.2, 0.25) is 5.91 Å². The molecule has 0 heterocycles. The highest BCUT2D eigenvalue weighted by Gasteiger charge is 2.10. The van der Waals surface area contributed by atoms with Crippen molar-refractivity contribution >= 4 is 45.1 Å².